The van der Waals surface area contributed by atoms with Crippen molar-refractivity contribution in [2.24, 2.45) is 5.92 Å². The molecule has 1 heterocycles. The number of carbonyl (C=O) groups is 1. The van der Waals surface area contributed by atoms with Gasteiger partial charge in [-0.2, -0.15) is 0 Å². The summed E-state index contributed by atoms with van der Waals surface area (Å²) in [6, 6.07) is 0. The van der Waals surface area contributed by atoms with Crippen LogP contribution in [0.3, 0.4) is 0 Å². The van der Waals surface area contributed by atoms with Crippen LogP contribution in [0.5, 0.6) is 0 Å². The topological polar surface area (TPSA) is 186 Å². The van der Waals surface area contributed by atoms with Gasteiger partial charge < -0.3 is 50.0 Å². The summed E-state index contributed by atoms with van der Waals surface area (Å²) >= 11 is 0. The summed E-state index contributed by atoms with van der Waals surface area (Å²) in [5.74, 6) is 0.0671. The second kappa shape index (κ2) is 18.6. The molecule has 1 saturated carbocycles. The van der Waals surface area contributed by atoms with E-state index in [1.165, 1.54) is 51.4 Å². The smallest absolute Gasteiger partial charge is 0.306 e. The minimum atomic E-state index is -1.82. The predicted octanol–water partition coefficient (Wildman–Crippen LogP) is 1.30. The van der Waals surface area contributed by atoms with Crippen LogP contribution < -0.4 is 0 Å². The van der Waals surface area contributed by atoms with Crippen LogP contribution >= 0.6 is 0 Å². The summed E-state index contributed by atoms with van der Waals surface area (Å²) in [7, 11) is 0. The molecule has 40 heavy (non-hydrogen) atoms. The maximum atomic E-state index is 12.5. The zero-order valence-electron chi connectivity index (χ0n) is 24.2. The molecule has 11 atom stereocenters. The van der Waals surface area contributed by atoms with Crippen molar-refractivity contribution in [2.45, 2.75) is 165 Å². The predicted molar refractivity (Wildman–Crippen MR) is 146 cm³/mol. The highest BCUT2D eigenvalue weighted by Gasteiger charge is 2.53. The first kappa shape index (κ1) is 35.3. The van der Waals surface area contributed by atoms with Gasteiger partial charge in [-0.15, -0.1) is 0 Å². The molecule has 0 aromatic heterocycles. The molecule has 0 spiro atoms. The molecule has 2 aliphatic rings. The van der Waals surface area contributed by atoms with Crippen LogP contribution in [0.4, 0.5) is 0 Å². The van der Waals surface area contributed by atoms with E-state index in [4.69, 9.17) is 14.2 Å². The van der Waals surface area contributed by atoms with Crippen molar-refractivity contribution < 1.29 is 54.8 Å². The Hall–Kier alpha value is -0.890. The van der Waals surface area contributed by atoms with Crippen LogP contribution in [0.2, 0.25) is 0 Å². The Morgan fingerprint density at radius 2 is 1.23 bits per heavy atom. The molecule has 1 aliphatic heterocycles. The fourth-order valence-corrected chi connectivity index (χ4v) is 5.45. The van der Waals surface area contributed by atoms with Crippen molar-refractivity contribution in [2.75, 3.05) is 6.61 Å². The Bertz CT molecular complexity index is 695. The molecule has 1 aliphatic carbocycles. The summed E-state index contributed by atoms with van der Waals surface area (Å²) in [4.78, 5) is 12.5. The van der Waals surface area contributed by atoms with Gasteiger partial charge in [0.25, 0.3) is 0 Å². The quantitative estimate of drug-likeness (QED) is 0.0918. The molecule has 0 aromatic carbocycles. The van der Waals surface area contributed by atoms with Gasteiger partial charge in [0.05, 0.1) is 6.61 Å². The molecular formula is C29H54O11. The third-order valence-electron chi connectivity index (χ3n) is 8.19. The number of rotatable bonds is 18. The molecule has 0 bridgehead atoms. The maximum Gasteiger partial charge on any atom is 0.306 e. The molecule has 236 valence electrons. The van der Waals surface area contributed by atoms with E-state index in [1.54, 1.807) is 0 Å². The van der Waals surface area contributed by atoms with E-state index < -0.39 is 67.2 Å². The fraction of sp³-hybridized carbons (Fsp3) is 0.966. The second-order valence-electron chi connectivity index (χ2n) is 11.7. The number of unbranched alkanes of at least 4 members (excludes halogenated alkanes) is 9. The van der Waals surface area contributed by atoms with Gasteiger partial charge in [0, 0.05) is 6.42 Å². The third-order valence-corrected chi connectivity index (χ3v) is 8.19. The number of esters is 1. The first-order valence-corrected chi connectivity index (χ1v) is 15.3. The van der Waals surface area contributed by atoms with Crippen molar-refractivity contribution in [1.82, 2.24) is 0 Å². The van der Waals surface area contributed by atoms with E-state index in [9.17, 15) is 40.5 Å². The summed E-state index contributed by atoms with van der Waals surface area (Å²) < 4.78 is 16.1. The third kappa shape index (κ3) is 11.1. The SMILES string of the molecule is CCCCCCCCC(C)CCCCCCCC(=O)O[C@@H]1[C@H](O)[C@@H](O)[C@H](O)[C@@H](O)[C@@H]1O[C@@H]1OC[C@@H](O)[C@H](O)[C@@H]1O. The molecule has 1 unspecified atom stereocenters. The Morgan fingerprint density at radius 1 is 0.700 bits per heavy atom. The van der Waals surface area contributed by atoms with Crippen molar-refractivity contribution in [1.29, 1.82) is 0 Å². The minimum Gasteiger partial charge on any atom is -0.457 e. The van der Waals surface area contributed by atoms with Crippen molar-refractivity contribution in [3.05, 3.63) is 0 Å². The Kier molecular flexibility index (Phi) is 16.4. The van der Waals surface area contributed by atoms with E-state index in [0.29, 0.717) is 6.42 Å². The highest BCUT2D eigenvalue weighted by molar-refractivity contribution is 5.69. The Morgan fingerprint density at radius 3 is 1.82 bits per heavy atom. The first-order valence-electron chi connectivity index (χ1n) is 15.3. The van der Waals surface area contributed by atoms with Gasteiger partial charge in [-0.25, -0.2) is 0 Å². The summed E-state index contributed by atoms with van der Waals surface area (Å²) in [5, 5.41) is 70.9. The number of ether oxygens (including phenoxy) is 3. The molecule has 1 saturated heterocycles. The lowest BCUT2D eigenvalue weighted by atomic mass is 9.84. The second-order valence-corrected chi connectivity index (χ2v) is 11.7. The van der Waals surface area contributed by atoms with E-state index in [1.807, 2.05) is 0 Å². The van der Waals surface area contributed by atoms with Crippen molar-refractivity contribution in [3.8, 4) is 0 Å². The number of hydrogen-bond acceptors (Lipinski definition) is 11. The molecular weight excluding hydrogens is 524 g/mol. The average molecular weight is 579 g/mol. The summed E-state index contributed by atoms with van der Waals surface area (Å²) in [5.41, 5.74) is 0. The number of hydrogen-bond donors (Lipinski definition) is 7. The van der Waals surface area contributed by atoms with Gasteiger partial charge in [-0.1, -0.05) is 90.9 Å². The zero-order chi connectivity index (χ0) is 29.7. The first-order chi connectivity index (χ1) is 19.1. The van der Waals surface area contributed by atoms with Gasteiger partial charge in [-0.3, -0.25) is 4.79 Å². The van der Waals surface area contributed by atoms with Crippen molar-refractivity contribution in [3.63, 3.8) is 0 Å². The average Bonchev–Trinajstić information content (AvgIpc) is 2.93. The monoisotopic (exact) mass is 578 g/mol. The van der Waals surface area contributed by atoms with Crippen LogP contribution in [0.25, 0.3) is 0 Å². The highest BCUT2D eigenvalue weighted by atomic mass is 16.7. The van der Waals surface area contributed by atoms with E-state index in [-0.39, 0.29) is 13.0 Å². The Balaban J connectivity index is 1.71. The largest absolute Gasteiger partial charge is 0.457 e. The lowest BCUT2D eigenvalue weighted by Crippen LogP contribution is -2.67. The number of aliphatic hydroxyl groups excluding tert-OH is 7. The lowest BCUT2D eigenvalue weighted by Gasteiger charge is -2.45. The van der Waals surface area contributed by atoms with Crippen molar-refractivity contribution >= 4 is 5.97 Å². The van der Waals surface area contributed by atoms with Gasteiger partial charge in [-0.05, 0) is 12.3 Å². The molecule has 0 amide bonds. The van der Waals surface area contributed by atoms with Crippen LogP contribution in [0.15, 0.2) is 0 Å². The van der Waals surface area contributed by atoms with Gasteiger partial charge in [0.1, 0.15) is 48.8 Å². The lowest BCUT2D eigenvalue weighted by molar-refractivity contribution is -0.322. The standard InChI is InChI=1S/C29H54O11/c1-3-4-5-6-8-11-14-18(2)15-12-9-7-10-13-16-20(31)39-27-24(35)22(33)23(34)25(36)28(27)40-29-26(37)21(32)19(30)17-38-29/h18-19,21-30,32-37H,3-17H2,1-2H3/t18?,19-,21+,22+,23+,24-,25-,26+,27-,28+,29+/m1/s1. The van der Waals surface area contributed by atoms with Crippen LogP contribution in [-0.2, 0) is 19.0 Å². The molecule has 7 N–H and O–H groups in total. The molecule has 0 radical (unpaired) electrons. The molecule has 2 rings (SSSR count). The Labute approximate surface area is 238 Å². The zero-order valence-corrected chi connectivity index (χ0v) is 24.2. The summed E-state index contributed by atoms with van der Waals surface area (Å²) in [6.07, 6.45) is -1.39. The number of aliphatic hydroxyl groups is 7. The summed E-state index contributed by atoms with van der Waals surface area (Å²) in [6.45, 7) is 4.18. The van der Waals surface area contributed by atoms with E-state index in [0.717, 1.165) is 31.6 Å². The van der Waals surface area contributed by atoms with E-state index >= 15 is 0 Å². The van der Waals surface area contributed by atoms with Crippen LogP contribution in [0, 0.1) is 5.92 Å². The van der Waals surface area contributed by atoms with Gasteiger partial charge >= 0.3 is 5.97 Å². The van der Waals surface area contributed by atoms with Crippen LogP contribution in [-0.4, -0.2) is 110 Å². The minimum absolute atomic E-state index is 0.0621. The highest BCUT2D eigenvalue weighted by Crippen LogP contribution is 2.30. The van der Waals surface area contributed by atoms with Gasteiger partial charge in [0.15, 0.2) is 12.4 Å². The van der Waals surface area contributed by atoms with E-state index in [2.05, 4.69) is 13.8 Å². The maximum absolute atomic E-state index is 12.5. The molecule has 11 heteroatoms. The van der Waals surface area contributed by atoms with Crippen LogP contribution in [0.1, 0.15) is 104 Å². The normalized spacial score (nSPS) is 35.4. The number of carbonyl (C=O) groups excluding carboxylic acids is 1. The fourth-order valence-electron chi connectivity index (χ4n) is 5.45. The van der Waals surface area contributed by atoms with Gasteiger partial charge in [0.2, 0.25) is 0 Å². The molecule has 11 nitrogen and oxygen atoms in total. The molecule has 2 fully saturated rings. The molecule has 0 aromatic rings.